The van der Waals surface area contributed by atoms with Crippen LogP contribution >= 0.6 is 0 Å². The molecule has 0 radical (unpaired) electrons. The van der Waals surface area contributed by atoms with Crippen molar-refractivity contribution < 1.29 is 9.59 Å². The van der Waals surface area contributed by atoms with Crippen molar-refractivity contribution in [1.82, 2.24) is 20.0 Å². The minimum absolute atomic E-state index is 0.0269. The highest BCUT2D eigenvalue weighted by Gasteiger charge is 2.28. The van der Waals surface area contributed by atoms with Crippen molar-refractivity contribution in [2.45, 2.75) is 59.0 Å². The Labute approximate surface area is 150 Å². The fourth-order valence-electron chi connectivity index (χ4n) is 3.27. The van der Waals surface area contributed by atoms with Gasteiger partial charge in [0.2, 0.25) is 11.8 Å². The summed E-state index contributed by atoms with van der Waals surface area (Å²) in [6.07, 6.45) is 4.07. The summed E-state index contributed by atoms with van der Waals surface area (Å²) in [7, 11) is 0. The van der Waals surface area contributed by atoms with Crippen molar-refractivity contribution in [1.29, 1.82) is 0 Å². The molecule has 0 saturated carbocycles. The number of hydrogen-bond donors (Lipinski definition) is 2. The molecule has 1 aliphatic heterocycles. The van der Waals surface area contributed by atoms with E-state index in [1.807, 2.05) is 38.4 Å². The maximum absolute atomic E-state index is 12.0. The van der Waals surface area contributed by atoms with E-state index in [1.54, 1.807) is 6.20 Å². The van der Waals surface area contributed by atoms with Gasteiger partial charge in [-0.05, 0) is 32.6 Å². The van der Waals surface area contributed by atoms with Crippen molar-refractivity contribution in [3.8, 4) is 0 Å². The highest BCUT2D eigenvalue weighted by molar-refractivity contribution is 5.89. The van der Waals surface area contributed by atoms with Crippen molar-refractivity contribution in [2.24, 2.45) is 5.92 Å². The molecule has 1 fully saturated rings. The molecule has 0 spiro atoms. The lowest BCUT2D eigenvalue weighted by Crippen LogP contribution is -2.48. The number of anilines is 1. The van der Waals surface area contributed by atoms with Crippen LogP contribution in [0.3, 0.4) is 0 Å². The first-order valence-corrected chi connectivity index (χ1v) is 9.27. The molecule has 140 valence electrons. The van der Waals surface area contributed by atoms with Crippen LogP contribution in [0.5, 0.6) is 0 Å². The molecular weight excluding hydrogens is 318 g/mol. The number of carbonyl (C=O) groups excluding carboxylic acids is 2. The third-order valence-electron chi connectivity index (χ3n) is 4.65. The summed E-state index contributed by atoms with van der Waals surface area (Å²) < 4.78 is 1.92. The molecule has 7 nitrogen and oxygen atoms in total. The lowest BCUT2D eigenvalue weighted by atomic mass is 10.0. The number of hydrogen-bond acceptors (Lipinski definition) is 4. The molecular formula is C18H31N5O2. The number of carbonyl (C=O) groups is 2. The van der Waals surface area contributed by atoms with Crippen molar-refractivity contribution in [3.05, 3.63) is 12.3 Å². The molecule has 0 aromatic carbocycles. The zero-order chi connectivity index (χ0) is 18.4. The number of nitrogens with zero attached hydrogens (tertiary/aromatic N) is 3. The Balaban J connectivity index is 1.92. The zero-order valence-electron chi connectivity index (χ0n) is 15.8. The van der Waals surface area contributed by atoms with Crippen LogP contribution in [0.2, 0.25) is 0 Å². The molecule has 2 heterocycles. The molecule has 0 unspecified atom stereocenters. The minimum atomic E-state index is -0.108. The first-order valence-electron chi connectivity index (χ1n) is 9.27. The van der Waals surface area contributed by atoms with E-state index in [0.29, 0.717) is 18.9 Å². The van der Waals surface area contributed by atoms with E-state index in [-0.39, 0.29) is 23.9 Å². The number of aromatic nitrogens is 2. The molecule has 1 atom stereocenters. The first kappa shape index (κ1) is 19.4. The number of rotatable bonds is 7. The van der Waals surface area contributed by atoms with E-state index in [4.69, 9.17) is 0 Å². The summed E-state index contributed by atoms with van der Waals surface area (Å²) in [6, 6.07) is 1.99. The average Bonchev–Trinajstić information content (AvgIpc) is 3.01. The minimum Gasteiger partial charge on any atom is -0.355 e. The highest BCUT2D eigenvalue weighted by atomic mass is 16.2. The number of nitrogens with one attached hydrogen (secondary N) is 2. The van der Waals surface area contributed by atoms with Crippen molar-refractivity contribution in [2.75, 3.05) is 25.0 Å². The molecule has 1 aliphatic rings. The fourth-order valence-corrected chi connectivity index (χ4v) is 3.27. The topological polar surface area (TPSA) is 79.3 Å². The zero-order valence-corrected chi connectivity index (χ0v) is 15.8. The predicted octanol–water partition coefficient (Wildman–Crippen LogP) is 2.03. The van der Waals surface area contributed by atoms with Gasteiger partial charge in [-0.3, -0.25) is 14.5 Å². The second-order valence-corrected chi connectivity index (χ2v) is 7.14. The maximum Gasteiger partial charge on any atom is 0.237 e. The van der Waals surface area contributed by atoms with Gasteiger partial charge in [0.25, 0.3) is 0 Å². The molecule has 2 amide bonds. The molecule has 1 aromatic rings. The Morgan fingerprint density at radius 2 is 1.96 bits per heavy atom. The Morgan fingerprint density at radius 1 is 1.28 bits per heavy atom. The summed E-state index contributed by atoms with van der Waals surface area (Å²) in [5.74, 6) is 1.21. The normalized spacial score (nSPS) is 17.5. The van der Waals surface area contributed by atoms with Crippen LogP contribution in [0, 0.1) is 5.92 Å². The van der Waals surface area contributed by atoms with Crippen molar-refractivity contribution >= 4 is 17.6 Å². The largest absolute Gasteiger partial charge is 0.355 e. The Bertz CT molecular complexity index is 576. The van der Waals surface area contributed by atoms with Crippen LogP contribution in [-0.2, 0) is 9.59 Å². The van der Waals surface area contributed by atoms with Gasteiger partial charge in [0.15, 0.2) is 0 Å². The van der Waals surface area contributed by atoms with E-state index < -0.39 is 0 Å². The third-order valence-corrected chi connectivity index (χ3v) is 4.65. The number of amides is 2. The van der Waals surface area contributed by atoms with Gasteiger partial charge >= 0.3 is 0 Å². The van der Waals surface area contributed by atoms with Crippen LogP contribution in [0.25, 0.3) is 0 Å². The Hall–Kier alpha value is -1.89. The highest BCUT2D eigenvalue weighted by Crippen LogP contribution is 2.26. The Morgan fingerprint density at radius 3 is 2.56 bits per heavy atom. The molecule has 25 heavy (non-hydrogen) atoms. The van der Waals surface area contributed by atoms with E-state index in [2.05, 4.69) is 20.6 Å². The molecule has 1 saturated heterocycles. The molecule has 1 aromatic heterocycles. The van der Waals surface area contributed by atoms with Gasteiger partial charge in [0.05, 0.1) is 18.3 Å². The third kappa shape index (κ3) is 5.29. The van der Waals surface area contributed by atoms with Gasteiger partial charge in [-0.2, -0.15) is 5.10 Å². The van der Waals surface area contributed by atoms with Gasteiger partial charge in [-0.1, -0.05) is 13.8 Å². The lowest BCUT2D eigenvalue weighted by Gasteiger charge is -2.35. The molecule has 2 rings (SSSR count). The van der Waals surface area contributed by atoms with Crippen LogP contribution in [0.4, 0.5) is 5.82 Å². The fraction of sp³-hybridized carbons (Fsp3) is 0.722. The standard InChI is InChI=1S/C18H31N5O2/c1-5-19-18(25)14(4)22-10-7-15(8-11-22)23-16(6-9-20-23)21-17(24)12-13(2)3/h6,9,13-15H,5,7-8,10-12H2,1-4H3,(H,19,25)(H,21,24)/t14-/m0/s1. The van der Waals surface area contributed by atoms with Gasteiger partial charge in [0.1, 0.15) is 5.82 Å². The first-order chi connectivity index (χ1) is 11.9. The molecule has 0 aliphatic carbocycles. The smallest absolute Gasteiger partial charge is 0.237 e. The second kappa shape index (κ2) is 8.99. The lowest BCUT2D eigenvalue weighted by molar-refractivity contribution is -0.126. The van der Waals surface area contributed by atoms with Crippen LogP contribution in [-0.4, -0.2) is 52.2 Å². The molecule has 0 bridgehead atoms. The molecule has 7 heteroatoms. The summed E-state index contributed by atoms with van der Waals surface area (Å²) in [5, 5.41) is 10.3. The van der Waals surface area contributed by atoms with Crippen LogP contribution in [0.1, 0.15) is 53.0 Å². The number of piperidine rings is 1. The van der Waals surface area contributed by atoms with Crippen LogP contribution in [0.15, 0.2) is 12.3 Å². The second-order valence-electron chi connectivity index (χ2n) is 7.14. The molecule has 2 N–H and O–H groups in total. The van der Waals surface area contributed by atoms with E-state index >= 15 is 0 Å². The summed E-state index contributed by atoms with van der Waals surface area (Å²) in [4.78, 5) is 26.2. The van der Waals surface area contributed by atoms with E-state index in [1.165, 1.54) is 0 Å². The number of likely N-dealkylation sites (N-methyl/N-ethyl adjacent to an activating group) is 1. The Kier molecular flexibility index (Phi) is 6.99. The summed E-state index contributed by atoms with van der Waals surface area (Å²) in [6.45, 7) is 10.3. The monoisotopic (exact) mass is 349 g/mol. The van der Waals surface area contributed by atoms with E-state index in [9.17, 15) is 9.59 Å². The van der Waals surface area contributed by atoms with Gasteiger partial charge in [-0.15, -0.1) is 0 Å². The summed E-state index contributed by atoms with van der Waals surface area (Å²) >= 11 is 0. The quantitative estimate of drug-likeness (QED) is 0.789. The maximum atomic E-state index is 12.0. The predicted molar refractivity (Wildman–Crippen MR) is 98.3 cm³/mol. The average molecular weight is 349 g/mol. The van der Waals surface area contributed by atoms with Gasteiger partial charge in [-0.25, -0.2) is 4.68 Å². The van der Waals surface area contributed by atoms with Gasteiger partial charge < -0.3 is 10.6 Å². The van der Waals surface area contributed by atoms with Crippen LogP contribution < -0.4 is 10.6 Å². The summed E-state index contributed by atoms with van der Waals surface area (Å²) in [5.41, 5.74) is 0. The van der Waals surface area contributed by atoms with Gasteiger partial charge in [0, 0.05) is 32.1 Å². The van der Waals surface area contributed by atoms with E-state index in [0.717, 1.165) is 31.7 Å². The number of likely N-dealkylation sites (tertiary alicyclic amines) is 1. The van der Waals surface area contributed by atoms with Crippen molar-refractivity contribution in [3.63, 3.8) is 0 Å². The SMILES string of the molecule is CCNC(=O)[C@H](C)N1CCC(n2nccc2NC(=O)CC(C)C)CC1.